The lowest BCUT2D eigenvalue weighted by Gasteiger charge is -2.28. The molecule has 0 atom stereocenters. The van der Waals surface area contributed by atoms with Gasteiger partial charge >= 0.3 is 0 Å². The molecule has 3 nitrogen and oxygen atoms in total. The molecule has 1 aromatic carbocycles. The van der Waals surface area contributed by atoms with Gasteiger partial charge in [-0.1, -0.05) is 26.0 Å². The highest BCUT2D eigenvalue weighted by Gasteiger charge is 2.13. The average molecular weight is 264 g/mol. The molecule has 3 heteroatoms. The summed E-state index contributed by atoms with van der Waals surface area (Å²) in [7, 11) is 1.70. The van der Waals surface area contributed by atoms with Crippen LogP contribution in [0.2, 0.25) is 0 Å². The third-order valence-corrected chi connectivity index (χ3v) is 3.29. The Morgan fingerprint density at radius 1 is 1.21 bits per heavy atom. The first kappa shape index (κ1) is 16.0. The predicted molar refractivity (Wildman–Crippen MR) is 81.3 cm³/mol. The van der Waals surface area contributed by atoms with Crippen molar-refractivity contribution in [2.75, 3.05) is 13.7 Å². The number of ether oxygens (including phenoxy) is 1. The molecule has 0 bridgehead atoms. The van der Waals surface area contributed by atoms with E-state index in [1.165, 1.54) is 5.56 Å². The van der Waals surface area contributed by atoms with E-state index in [4.69, 9.17) is 10.5 Å². The maximum absolute atomic E-state index is 5.70. The molecular weight excluding hydrogens is 236 g/mol. The maximum atomic E-state index is 5.70. The summed E-state index contributed by atoms with van der Waals surface area (Å²) in [5, 5.41) is 0. The minimum absolute atomic E-state index is 0.517. The Morgan fingerprint density at radius 2 is 1.89 bits per heavy atom. The quantitative estimate of drug-likeness (QED) is 0.822. The van der Waals surface area contributed by atoms with Gasteiger partial charge in [0.1, 0.15) is 5.75 Å². The summed E-state index contributed by atoms with van der Waals surface area (Å²) >= 11 is 0. The molecule has 0 saturated carbocycles. The van der Waals surface area contributed by atoms with Crippen molar-refractivity contribution in [2.45, 2.75) is 46.8 Å². The minimum atomic E-state index is 0.517. The van der Waals surface area contributed by atoms with Gasteiger partial charge in [-0.2, -0.15) is 0 Å². The van der Waals surface area contributed by atoms with E-state index in [2.05, 4.69) is 50.8 Å². The van der Waals surface area contributed by atoms with E-state index < -0.39 is 0 Å². The van der Waals surface area contributed by atoms with Crippen molar-refractivity contribution < 1.29 is 4.74 Å². The second-order valence-corrected chi connectivity index (χ2v) is 5.77. The lowest BCUT2D eigenvalue weighted by atomic mass is 10.1. The van der Waals surface area contributed by atoms with Crippen molar-refractivity contribution in [3.63, 3.8) is 0 Å². The highest BCUT2D eigenvalue weighted by Crippen LogP contribution is 2.21. The van der Waals surface area contributed by atoms with Crippen LogP contribution in [-0.2, 0) is 13.1 Å². The summed E-state index contributed by atoms with van der Waals surface area (Å²) in [5.74, 6) is 1.57. The molecule has 0 unspecified atom stereocenters. The van der Waals surface area contributed by atoms with Gasteiger partial charge < -0.3 is 10.5 Å². The Hall–Kier alpha value is -1.06. The van der Waals surface area contributed by atoms with E-state index in [0.29, 0.717) is 18.5 Å². The van der Waals surface area contributed by atoms with Gasteiger partial charge in [0.25, 0.3) is 0 Å². The standard InChI is InChI=1S/C16H28N2O/c1-12(2)10-18(13(3)4)11-14-6-7-15(9-17)16(8-14)19-5/h6-8,12-13H,9-11,17H2,1-5H3. The molecule has 0 saturated heterocycles. The summed E-state index contributed by atoms with van der Waals surface area (Å²) in [5.41, 5.74) is 8.04. The zero-order chi connectivity index (χ0) is 14.4. The Bertz CT molecular complexity index is 388. The molecule has 1 aromatic rings. The Morgan fingerprint density at radius 3 is 2.37 bits per heavy atom. The van der Waals surface area contributed by atoms with Crippen molar-refractivity contribution in [1.29, 1.82) is 0 Å². The Kier molecular flexibility index (Phi) is 6.32. The largest absolute Gasteiger partial charge is 0.496 e. The summed E-state index contributed by atoms with van der Waals surface area (Å²) < 4.78 is 5.40. The van der Waals surface area contributed by atoms with Gasteiger partial charge in [0, 0.05) is 31.2 Å². The minimum Gasteiger partial charge on any atom is -0.496 e. The summed E-state index contributed by atoms with van der Waals surface area (Å²) in [6.07, 6.45) is 0. The Balaban J connectivity index is 2.84. The number of benzene rings is 1. The van der Waals surface area contributed by atoms with Crippen LogP contribution in [0.15, 0.2) is 18.2 Å². The first-order valence-corrected chi connectivity index (χ1v) is 7.07. The van der Waals surface area contributed by atoms with E-state index in [1.54, 1.807) is 7.11 Å². The number of hydrogen-bond donors (Lipinski definition) is 1. The van der Waals surface area contributed by atoms with Crippen LogP contribution in [0.1, 0.15) is 38.8 Å². The van der Waals surface area contributed by atoms with E-state index in [1.807, 2.05) is 0 Å². The summed E-state index contributed by atoms with van der Waals surface area (Å²) in [6, 6.07) is 6.88. The number of hydrogen-bond acceptors (Lipinski definition) is 3. The van der Waals surface area contributed by atoms with Crippen LogP contribution >= 0.6 is 0 Å². The zero-order valence-corrected chi connectivity index (χ0v) is 12.9. The van der Waals surface area contributed by atoms with Gasteiger partial charge in [0.05, 0.1) is 7.11 Å². The molecule has 0 spiro atoms. The average Bonchev–Trinajstić information content (AvgIpc) is 2.37. The topological polar surface area (TPSA) is 38.5 Å². The van der Waals surface area contributed by atoms with E-state index in [9.17, 15) is 0 Å². The molecule has 0 heterocycles. The number of methoxy groups -OCH3 is 1. The third-order valence-electron chi connectivity index (χ3n) is 3.29. The van der Waals surface area contributed by atoms with Crippen LogP contribution in [0.4, 0.5) is 0 Å². The molecule has 0 radical (unpaired) electrons. The molecule has 0 aliphatic rings. The second kappa shape index (κ2) is 7.51. The molecule has 19 heavy (non-hydrogen) atoms. The fourth-order valence-corrected chi connectivity index (χ4v) is 2.22. The molecule has 2 N–H and O–H groups in total. The lowest BCUT2D eigenvalue weighted by Crippen LogP contribution is -2.33. The number of nitrogens with zero attached hydrogens (tertiary/aromatic N) is 1. The first-order chi connectivity index (χ1) is 8.97. The smallest absolute Gasteiger partial charge is 0.123 e. The molecule has 0 fully saturated rings. The molecule has 0 amide bonds. The van der Waals surface area contributed by atoms with Crippen LogP contribution in [-0.4, -0.2) is 24.6 Å². The fraction of sp³-hybridized carbons (Fsp3) is 0.625. The van der Waals surface area contributed by atoms with Crippen molar-refractivity contribution in [2.24, 2.45) is 11.7 Å². The van der Waals surface area contributed by atoms with Gasteiger partial charge in [-0.05, 0) is 31.4 Å². The van der Waals surface area contributed by atoms with Crippen molar-refractivity contribution >= 4 is 0 Å². The molecular formula is C16H28N2O. The molecule has 108 valence electrons. The lowest BCUT2D eigenvalue weighted by molar-refractivity contribution is 0.189. The fourth-order valence-electron chi connectivity index (χ4n) is 2.22. The van der Waals surface area contributed by atoms with Crippen LogP contribution < -0.4 is 10.5 Å². The van der Waals surface area contributed by atoms with Crippen molar-refractivity contribution in [3.8, 4) is 5.75 Å². The highest BCUT2D eigenvalue weighted by atomic mass is 16.5. The van der Waals surface area contributed by atoms with E-state index >= 15 is 0 Å². The molecule has 0 aliphatic heterocycles. The van der Waals surface area contributed by atoms with Gasteiger partial charge in [0.2, 0.25) is 0 Å². The predicted octanol–water partition coefficient (Wildman–Crippen LogP) is 3.02. The second-order valence-electron chi connectivity index (χ2n) is 5.77. The van der Waals surface area contributed by atoms with Crippen LogP contribution in [0.3, 0.4) is 0 Å². The first-order valence-electron chi connectivity index (χ1n) is 7.07. The molecule has 0 aliphatic carbocycles. The highest BCUT2D eigenvalue weighted by molar-refractivity contribution is 5.37. The van der Waals surface area contributed by atoms with Crippen LogP contribution in [0.25, 0.3) is 0 Å². The number of nitrogens with two attached hydrogens (primary N) is 1. The molecule has 0 aromatic heterocycles. The van der Waals surface area contributed by atoms with Gasteiger partial charge in [0.15, 0.2) is 0 Å². The molecule has 1 rings (SSSR count). The van der Waals surface area contributed by atoms with Crippen LogP contribution in [0, 0.1) is 5.92 Å². The monoisotopic (exact) mass is 264 g/mol. The third kappa shape index (κ3) is 4.84. The van der Waals surface area contributed by atoms with Crippen molar-refractivity contribution in [3.05, 3.63) is 29.3 Å². The van der Waals surface area contributed by atoms with Crippen molar-refractivity contribution in [1.82, 2.24) is 4.90 Å². The zero-order valence-electron chi connectivity index (χ0n) is 12.9. The maximum Gasteiger partial charge on any atom is 0.123 e. The van der Waals surface area contributed by atoms with Gasteiger partial charge in [-0.15, -0.1) is 0 Å². The van der Waals surface area contributed by atoms with Gasteiger partial charge in [-0.3, -0.25) is 4.90 Å². The SMILES string of the molecule is COc1cc(CN(CC(C)C)C(C)C)ccc1CN. The summed E-state index contributed by atoms with van der Waals surface area (Å²) in [6.45, 7) is 11.6. The van der Waals surface area contributed by atoms with E-state index in [0.717, 1.165) is 24.4 Å². The summed E-state index contributed by atoms with van der Waals surface area (Å²) in [4.78, 5) is 2.49. The van der Waals surface area contributed by atoms with Gasteiger partial charge in [-0.25, -0.2) is 0 Å². The number of rotatable bonds is 7. The Labute approximate surface area is 117 Å². The van der Waals surface area contributed by atoms with E-state index in [-0.39, 0.29) is 0 Å². The van der Waals surface area contributed by atoms with Crippen LogP contribution in [0.5, 0.6) is 5.75 Å². The normalized spacial score (nSPS) is 11.6.